The summed E-state index contributed by atoms with van der Waals surface area (Å²) in [4.78, 5) is 52.9. The molecule has 0 spiro atoms. The Morgan fingerprint density at radius 2 is 0.875 bits per heavy atom. The van der Waals surface area contributed by atoms with Gasteiger partial charge in [0, 0.05) is 0 Å². The lowest BCUT2D eigenvalue weighted by molar-refractivity contribution is -0.283. The molecule has 0 amide bonds. The quantitative estimate of drug-likeness (QED) is 0.0630. The van der Waals surface area contributed by atoms with Gasteiger partial charge in [-0.1, -0.05) is 0 Å². The lowest BCUT2D eigenvalue weighted by Gasteiger charge is -2.42. The van der Waals surface area contributed by atoms with Crippen LogP contribution in [-0.2, 0) is 23.7 Å². The summed E-state index contributed by atoms with van der Waals surface area (Å²) >= 11 is 0. The molecule has 1 aliphatic heterocycles. The first kappa shape index (κ1) is 39.5. The molecule has 0 bridgehead atoms. The third-order valence-corrected chi connectivity index (χ3v) is 7.97. The topological polar surface area (TPSA) is 377 Å². The van der Waals surface area contributed by atoms with Crippen LogP contribution in [0.4, 0.5) is 0 Å². The maximum atomic E-state index is 13.4. The number of hydrogen-bond acceptors (Lipinski definition) is 22. The van der Waals surface area contributed by atoms with Gasteiger partial charge in [-0.05, 0) is 48.5 Å². The minimum absolute atomic E-state index is 0.600. The van der Waals surface area contributed by atoms with Crippen LogP contribution in [0.2, 0.25) is 0 Å². The second-order valence-electron chi connectivity index (χ2n) is 11.7. The van der Waals surface area contributed by atoms with Gasteiger partial charge in [0.15, 0.2) is 69.3 Å². The van der Waals surface area contributed by atoms with E-state index in [0.717, 1.165) is 12.1 Å². The average molecular weight is 789 g/mol. The monoisotopic (exact) mass is 788 g/mol. The van der Waals surface area contributed by atoms with Gasteiger partial charge in [0.1, 0.15) is 24.4 Å². The number of hydrogen-bond donors (Lipinski definition) is 13. The summed E-state index contributed by atoms with van der Waals surface area (Å²) in [6, 6.07) is 5.27. The van der Waals surface area contributed by atoms with Crippen LogP contribution in [0.15, 0.2) is 48.5 Å². The summed E-state index contributed by atoms with van der Waals surface area (Å²) in [5.74, 6) is -18.4. The molecular formula is C34H28O22. The third-order valence-electron chi connectivity index (χ3n) is 7.97. The van der Waals surface area contributed by atoms with Gasteiger partial charge in [-0.25, -0.2) is 19.2 Å². The van der Waals surface area contributed by atoms with E-state index in [1.165, 1.54) is 0 Å². The number of phenolic OH excluding ortho intramolecular Hbond substituents is 12. The minimum atomic E-state index is -2.37. The van der Waals surface area contributed by atoms with Gasteiger partial charge in [-0.15, -0.1) is 0 Å². The van der Waals surface area contributed by atoms with Crippen LogP contribution < -0.4 is 0 Å². The predicted octanol–water partition coefficient (Wildman–Crippen LogP) is 0.705. The number of benzene rings is 4. The highest BCUT2D eigenvalue weighted by Crippen LogP contribution is 2.40. The number of aromatic hydroxyl groups is 12. The smallest absolute Gasteiger partial charge is 0.342 e. The lowest BCUT2D eigenvalue weighted by atomic mass is 9.98. The van der Waals surface area contributed by atoms with E-state index in [0.29, 0.717) is 36.4 Å². The van der Waals surface area contributed by atoms with Crippen LogP contribution >= 0.6 is 0 Å². The van der Waals surface area contributed by atoms with Crippen molar-refractivity contribution in [1.82, 2.24) is 0 Å². The summed E-state index contributed by atoms with van der Waals surface area (Å²) in [5.41, 5.74) is -2.83. The highest BCUT2D eigenvalue weighted by atomic mass is 16.7. The number of aliphatic hydroxyl groups excluding tert-OH is 1. The molecule has 296 valence electrons. The Labute approximate surface area is 310 Å². The molecule has 5 atom stereocenters. The molecule has 5 unspecified atom stereocenters. The zero-order valence-electron chi connectivity index (χ0n) is 27.7. The fourth-order valence-corrected chi connectivity index (χ4v) is 5.08. The van der Waals surface area contributed by atoms with Crippen LogP contribution in [0.3, 0.4) is 0 Å². The predicted molar refractivity (Wildman–Crippen MR) is 175 cm³/mol. The number of carbonyl (C=O) groups is 4. The van der Waals surface area contributed by atoms with E-state index in [-0.39, 0.29) is 0 Å². The molecule has 22 heteroatoms. The molecule has 0 aliphatic carbocycles. The van der Waals surface area contributed by atoms with E-state index in [4.69, 9.17) is 23.7 Å². The van der Waals surface area contributed by atoms with Crippen molar-refractivity contribution < 1.29 is 109 Å². The molecule has 56 heavy (non-hydrogen) atoms. The van der Waals surface area contributed by atoms with Crippen LogP contribution in [0, 0.1) is 0 Å². The van der Waals surface area contributed by atoms with Crippen molar-refractivity contribution in [2.45, 2.75) is 30.7 Å². The number of carbonyl (C=O) groups excluding carboxylic acids is 4. The van der Waals surface area contributed by atoms with Gasteiger partial charge in [0.2, 0.25) is 18.1 Å². The zero-order chi connectivity index (χ0) is 41.3. The van der Waals surface area contributed by atoms with E-state index in [9.17, 15) is 85.6 Å². The molecular weight excluding hydrogens is 760 g/mol. The Hall–Kier alpha value is -7.72. The molecule has 0 radical (unpaired) electrons. The Kier molecular flexibility index (Phi) is 10.8. The maximum absolute atomic E-state index is 13.4. The first-order valence-electron chi connectivity index (χ1n) is 15.4. The summed E-state index contributed by atoms with van der Waals surface area (Å²) < 4.78 is 26.7. The normalized spacial score (nSPS) is 19.1. The standard InChI is InChI=1S/C34H28O22/c35-14-2-1-13(22(42)26(14)46)33(51)52-9-21-27(47)28(54-30(48)10-3-15(36)23(43)16(37)4-10)29(55-31(49)11-5-17(38)24(44)18(39)6-11)34(53-21)56-32(50)12-7-19(40)25(45)20(41)8-12/h1-8,21,27-29,34-47H,9H2. The number of rotatable bonds is 9. The summed E-state index contributed by atoms with van der Waals surface area (Å²) in [6.45, 7) is -1.09. The fourth-order valence-electron chi connectivity index (χ4n) is 5.08. The molecule has 22 nitrogen and oxygen atoms in total. The van der Waals surface area contributed by atoms with E-state index in [1.807, 2.05) is 0 Å². The van der Waals surface area contributed by atoms with Crippen LogP contribution in [-0.4, -0.2) is 128 Å². The Balaban J connectivity index is 1.56. The molecule has 0 aromatic heterocycles. The van der Waals surface area contributed by atoms with Crippen molar-refractivity contribution >= 4 is 23.9 Å². The van der Waals surface area contributed by atoms with Crippen LogP contribution in [0.5, 0.6) is 69.0 Å². The summed E-state index contributed by atoms with van der Waals surface area (Å²) in [7, 11) is 0. The fraction of sp³-hybridized carbons (Fsp3) is 0.176. The van der Waals surface area contributed by atoms with Crippen molar-refractivity contribution in [1.29, 1.82) is 0 Å². The number of aliphatic hydroxyl groups is 1. The Morgan fingerprint density at radius 1 is 0.482 bits per heavy atom. The third kappa shape index (κ3) is 7.80. The average Bonchev–Trinajstić information content (AvgIpc) is 3.14. The van der Waals surface area contributed by atoms with Crippen LogP contribution in [0.1, 0.15) is 41.4 Å². The molecule has 4 aromatic carbocycles. The van der Waals surface area contributed by atoms with Gasteiger partial charge in [-0.3, -0.25) is 0 Å². The minimum Gasteiger partial charge on any atom is -0.504 e. The molecule has 1 saturated heterocycles. The van der Waals surface area contributed by atoms with Crippen molar-refractivity contribution in [2.75, 3.05) is 6.61 Å². The molecule has 13 N–H and O–H groups in total. The molecule has 4 aromatic rings. The molecule has 5 rings (SSSR count). The lowest BCUT2D eigenvalue weighted by Crippen LogP contribution is -2.62. The van der Waals surface area contributed by atoms with Gasteiger partial charge in [0.25, 0.3) is 0 Å². The van der Waals surface area contributed by atoms with Gasteiger partial charge in [0.05, 0.1) is 16.7 Å². The van der Waals surface area contributed by atoms with E-state index in [1.54, 1.807) is 0 Å². The second-order valence-corrected chi connectivity index (χ2v) is 11.7. The van der Waals surface area contributed by atoms with Gasteiger partial charge >= 0.3 is 23.9 Å². The van der Waals surface area contributed by atoms with E-state index >= 15 is 0 Å². The highest BCUT2D eigenvalue weighted by molar-refractivity contribution is 5.94. The summed E-state index contributed by atoms with van der Waals surface area (Å²) in [5, 5.41) is 130. The van der Waals surface area contributed by atoms with Crippen molar-refractivity contribution in [3.05, 3.63) is 70.8 Å². The van der Waals surface area contributed by atoms with Gasteiger partial charge < -0.3 is 90.1 Å². The SMILES string of the molecule is O=C(OC1OC(COC(=O)c2ccc(O)c(O)c2O)C(O)C(OC(=O)c2cc(O)c(O)c(O)c2)C1OC(=O)c1cc(O)c(O)c(O)c1)c1cc(O)c(O)c(O)c1. The van der Waals surface area contributed by atoms with Crippen LogP contribution in [0.25, 0.3) is 0 Å². The molecule has 1 fully saturated rings. The van der Waals surface area contributed by atoms with E-state index < -0.39 is 152 Å². The molecule has 1 heterocycles. The number of ether oxygens (including phenoxy) is 5. The Bertz CT molecular complexity index is 2160. The first-order valence-corrected chi connectivity index (χ1v) is 15.4. The highest BCUT2D eigenvalue weighted by Gasteiger charge is 2.52. The van der Waals surface area contributed by atoms with Crippen molar-refractivity contribution in [3.63, 3.8) is 0 Å². The zero-order valence-corrected chi connectivity index (χ0v) is 27.7. The van der Waals surface area contributed by atoms with Gasteiger partial charge in [-0.2, -0.15) is 0 Å². The van der Waals surface area contributed by atoms with E-state index in [2.05, 4.69) is 0 Å². The van der Waals surface area contributed by atoms with Crippen molar-refractivity contribution in [2.24, 2.45) is 0 Å². The number of phenols is 12. The maximum Gasteiger partial charge on any atom is 0.342 e. The Morgan fingerprint density at radius 3 is 1.30 bits per heavy atom. The summed E-state index contributed by atoms with van der Waals surface area (Å²) in [6.07, 6.45) is -11.3. The number of esters is 4. The largest absolute Gasteiger partial charge is 0.504 e. The molecule has 1 aliphatic rings. The molecule has 0 saturated carbocycles. The van der Waals surface area contributed by atoms with Crippen molar-refractivity contribution in [3.8, 4) is 69.0 Å². The first-order chi connectivity index (χ1) is 26.3. The second kappa shape index (κ2) is 15.3.